The molecule has 0 unspecified atom stereocenters. The number of thiophene rings is 1. The van der Waals surface area contributed by atoms with Crippen LogP contribution >= 0.6 is 11.3 Å². The Morgan fingerprint density at radius 1 is 1.28 bits per heavy atom. The van der Waals surface area contributed by atoms with Crippen molar-refractivity contribution in [3.05, 3.63) is 46.3 Å². The first-order chi connectivity index (χ1) is 13.9. The number of hydrogen-bond acceptors (Lipinski definition) is 6. The molecule has 1 aliphatic carbocycles. The molecule has 0 bridgehead atoms. The van der Waals surface area contributed by atoms with Gasteiger partial charge in [0, 0.05) is 10.6 Å². The van der Waals surface area contributed by atoms with Crippen LogP contribution in [0.5, 0.6) is 0 Å². The number of nitrogens with one attached hydrogen (secondary N) is 2. The van der Waals surface area contributed by atoms with Gasteiger partial charge in [-0.2, -0.15) is 0 Å². The van der Waals surface area contributed by atoms with E-state index in [2.05, 4.69) is 22.7 Å². The van der Waals surface area contributed by atoms with Crippen LogP contribution < -0.4 is 16.4 Å². The molecule has 2 aromatic rings. The van der Waals surface area contributed by atoms with E-state index >= 15 is 0 Å². The van der Waals surface area contributed by atoms with Crippen LogP contribution in [0.2, 0.25) is 0 Å². The number of benzene rings is 1. The van der Waals surface area contributed by atoms with Crippen LogP contribution in [0.25, 0.3) is 0 Å². The lowest BCUT2D eigenvalue weighted by molar-refractivity contribution is -0.120. The third kappa shape index (κ3) is 5.41. The van der Waals surface area contributed by atoms with Crippen molar-refractivity contribution in [2.75, 3.05) is 17.2 Å². The zero-order valence-corrected chi connectivity index (χ0v) is 16.8. The Morgan fingerprint density at radius 2 is 2.03 bits per heavy atom. The molecule has 1 atom stereocenters. The second-order valence-electron chi connectivity index (χ2n) is 6.83. The fourth-order valence-electron chi connectivity index (χ4n) is 3.14. The molecule has 0 fully saturated rings. The van der Waals surface area contributed by atoms with E-state index in [-0.39, 0.29) is 0 Å². The third-order valence-corrected chi connectivity index (χ3v) is 5.66. The Bertz CT molecular complexity index is 939. The van der Waals surface area contributed by atoms with Gasteiger partial charge in [-0.1, -0.05) is 30.3 Å². The van der Waals surface area contributed by atoms with E-state index in [1.807, 2.05) is 6.07 Å². The molecular formula is C20H22N4O4S. The summed E-state index contributed by atoms with van der Waals surface area (Å²) in [6, 6.07) is 8.88. The maximum Gasteiger partial charge on any atom is 0.270 e. The predicted molar refractivity (Wildman–Crippen MR) is 112 cm³/mol. The lowest BCUT2D eigenvalue weighted by Crippen LogP contribution is -2.21. The topological polar surface area (TPSA) is 123 Å². The third-order valence-electron chi connectivity index (χ3n) is 4.49. The Balaban J connectivity index is 1.53. The van der Waals surface area contributed by atoms with E-state index in [4.69, 9.17) is 10.6 Å². The summed E-state index contributed by atoms with van der Waals surface area (Å²) in [6.45, 7) is 1.76. The highest BCUT2D eigenvalue weighted by Crippen LogP contribution is 2.39. The number of fused-ring (bicyclic) bond motifs is 1. The molecule has 1 aromatic carbocycles. The van der Waals surface area contributed by atoms with E-state index in [1.165, 1.54) is 11.3 Å². The Kier molecular flexibility index (Phi) is 6.61. The number of para-hydroxylation sites is 1. The first-order valence-electron chi connectivity index (χ1n) is 9.19. The second kappa shape index (κ2) is 9.33. The average molecular weight is 414 g/mol. The monoisotopic (exact) mass is 414 g/mol. The van der Waals surface area contributed by atoms with Crippen molar-refractivity contribution in [2.45, 2.75) is 26.2 Å². The lowest BCUT2D eigenvalue weighted by atomic mass is 9.88. The van der Waals surface area contributed by atoms with E-state index in [9.17, 15) is 14.4 Å². The minimum Gasteiger partial charge on any atom is -0.385 e. The molecule has 0 radical (unpaired) electrons. The van der Waals surface area contributed by atoms with Gasteiger partial charge in [0.05, 0.1) is 5.56 Å². The Morgan fingerprint density at radius 3 is 2.76 bits per heavy atom. The van der Waals surface area contributed by atoms with Gasteiger partial charge in [-0.05, 0) is 42.9 Å². The highest BCUT2D eigenvalue weighted by molar-refractivity contribution is 7.17. The molecule has 152 valence electrons. The minimum atomic E-state index is -0.552. The molecule has 1 heterocycles. The SMILES string of the molecule is C[C@H]1CCc2c(sc(NC(=O)CO/N=C\C(=O)Nc3ccccc3)c2C(N)=O)C1. The van der Waals surface area contributed by atoms with E-state index < -0.39 is 24.3 Å². The van der Waals surface area contributed by atoms with Gasteiger partial charge in [-0.3, -0.25) is 14.4 Å². The summed E-state index contributed by atoms with van der Waals surface area (Å²) in [5, 5.41) is 9.21. The van der Waals surface area contributed by atoms with Gasteiger partial charge in [-0.25, -0.2) is 0 Å². The van der Waals surface area contributed by atoms with Crippen molar-refractivity contribution in [3.63, 3.8) is 0 Å². The molecule has 1 aliphatic rings. The molecule has 0 spiro atoms. The summed E-state index contributed by atoms with van der Waals surface area (Å²) in [5.74, 6) is -0.985. The Labute approximate surface area is 172 Å². The van der Waals surface area contributed by atoms with Crippen LogP contribution in [-0.2, 0) is 27.3 Å². The van der Waals surface area contributed by atoms with Gasteiger partial charge in [0.2, 0.25) is 0 Å². The van der Waals surface area contributed by atoms with Crippen LogP contribution in [0.3, 0.4) is 0 Å². The minimum absolute atomic E-state index is 0.385. The number of nitrogens with zero attached hydrogens (tertiary/aromatic N) is 1. The smallest absolute Gasteiger partial charge is 0.270 e. The fraction of sp³-hybridized carbons (Fsp3) is 0.300. The van der Waals surface area contributed by atoms with E-state index in [1.54, 1.807) is 24.3 Å². The van der Waals surface area contributed by atoms with Crippen molar-refractivity contribution in [2.24, 2.45) is 16.8 Å². The van der Waals surface area contributed by atoms with E-state index in [0.717, 1.165) is 35.9 Å². The van der Waals surface area contributed by atoms with Crippen LogP contribution in [0.4, 0.5) is 10.7 Å². The largest absolute Gasteiger partial charge is 0.385 e. The first kappa shape index (κ1) is 20.5. The molecule has 1 aromatic heterocycles. The number of oxime groups is 1. The standard InChI is InChI=1S/C20H22N4O4S/c1-12-7-8-14-15(9-12)29-20(18(14)19(21)27)24-17(26)11-28-22-10-16(25)23-13-5-3-2-4-6-13/h2-6,10,12H,7-9,11H2,1H3,(H2,21,27)(H,23,25)(H,24,26)/b22-10-/t12-/m0/s1. The zero-order valence-electron chi connectivity index (χ0n) is 15.9. The maximum atomic E-state index is 12.1. The fourth-order valence-corrected chi connectivity index (χ4v) is 4.57. The summed E-state index contributed by atoms with van der Waals surface area (Å²) in [6.07, 6.45) is 3.58. The molecule has 3 rings (SSSR count). The van der Waals surface area contributed by atoms with Crippen LogP contribution in [0, 0.1) is 5.92 Å². The van der Waals surface area contributed by atoms with Gasteiger partial charge >= 0.3 is 0 Å². The lowest BCUT2D eigenvalue weighted by Gasteiger charge is -2.18. The number of nitrogens with two attached hydrogens (primary N) is 1. The number of carbonyl (C=O) groups is 3. The van der Waals surface area contributed by atoms with Gasteiger partial charge in [-0.15, -0.1) is 11.3 Å². The molecule has 0 aliphatic heterocycles. The molecule has 29 heavy (non-hydrogen) atoms. The number of carbonyl (C=O) groups excluding carboxylic acids is 3. The summed E-state index contributed by atoms with van der Waals surface area (Å²) < 4.78 is 0. The van der Waals surface area contributed by atoms with Gasteiger partial charge in [0.1, 0.15) is 11.2 Å². The average Bonchev–Trinajstić information content (AvgIpc) is 3.03. The number of hydrogen-bond donors (Lipinski definition) is 3. The highest BCUT2D eigenvalue weighted by Gasteiger charge is 2.27. The number of anilines is 2. The quantitative estimate of drug-likeness (QED) is 0.476. The Hall–Kier alpha value is -3.20. The van der Waals surface area contributed by atoms with E-state index in [0.29, 0.717) is 22.2 Å². The van der Waals surface area contributed by atoms with Gasteiger partial charge < -0.3 is 21.2 Å². The van der Waals surface area contributed by atoms with Gasteiger partial charge in [0.15, 0.2) is 6.61 Å². The summed E-state index contributed by atoms with van der Waals surface area (Å²) in [7, 11) is 0. The first-order valence-corrected chi connectivity index (χ1v) is 10.0. The summed E-state index contributed by atoms with van der Waals surface area (Å²) in [4.78, 5) is 41.7. The molecule has 8 nitrogen and oxygen atoms in total. The zero-order chi connectivity index (χ0) is 20.8. The number of primary amides is 1. The molecule has 3 amide bonds. The van der Waals surface area contributed by atoms with Crippen molar-refractivity contribution in [1.82, 2.24) is 0 Å². The predicted octanol–water partition coefficient (Wildman–Crippen LogP) is 2.55. The summed E-state index contributed by atoms with van der Waals surface area (Å²) in [5.41, 5.74) is 7.47. The van der Waals surface area contributed by atoms with Crippen molar-refractivity contribution >= 4 is 46.0 Å². The van der Waals surface area contributed by atoms with Crippen molar-refractivity contribution in [3.8, 4) is 0 Å². The van der Waals surface area contributed by atoms with Crippen molar-refractivity contribution < 1.29 is 19.2 Å². The maximum absolute atomic E-state index is 12.1. The van der Waals surface area contributed by atoms with Crippen molar-refractivity contribution in [1.29, 1.82) is 0 Å². The molecule has 0 saturated heterocycles. The second-order valence-corrected chi connectivity index (χ2v) is 7.94. The molecule has 0 saturated carbocycles. The van der Waals surface area contributed by atoms with Crippen LogP contribution in [0.15, 0.2) is 35.5 Å². The van der Waals surface area contributed by atoms with Crippen LogP contribution in [-0.4, -0.2) is 30.5 Å². The van der Waals surface area contributed by atoms with Crippen LogP contribution in [0.1, 0.15) is 34.1 Å². The van der Waals surface area contributed by atoms with Gasteiger partial charge in [0.25, 0.3) is 17.7 Å². The normalized spacial score (nSPS) is 15.6. The molecular weight excluding hydrogens is 392 g/mol. The molecule has 9 heteroatoms. The number of amides is 3. The summed E-state index contributed by atoms with van der Waals surface area (Å²) >= 11 is 1.38. The molecule has 4 N–H and O–H groups in total. The highest BCUT2D eigenvalue weighted by atomic mass is 32.1. The number of rotatable bonds is 7.